The van der Waals surface area contributed by atoms with Gasteiger partial charge in [0.1, 0.15) is 5.75 Å². The molecule has 0 aromatic heterocycles. The Morgan fingerprint density at radius 1 is 0.706 bits per heavy atom. The van der Waals surface area contributed by atoms with E-state index >= 15 is 0 Å². The summed E-state index contributed by atoms with van der Waals surface area (Å²) in [6.45, 7) is 6.35. The number of benzene rings is 2. The van der Waals surface area contributed by atoms with E-state index in [1.165, 1.54) is 44.9 Å². The van der Waals surface area contributed by atoms with Gasteiger partial charge in [0.25, 0.3) is 0 Å². The molecule has 0 aliphatic rings. The van der Waals surface area contributed by atoms with Crippen molar-refractivity contribution in [1.82, 2.24) is 0 Å². The van der Waals surface area contributed by atoms with Crippen LogP contribution in [0.5, 0.6) is 5.75 Å². The second kappa shape index (κ2) is 16.1. The maximum atomic E-state index is 12.4. The SMILES string of the molecule is CCCCCCCCC(=O)Oc1ccc(-c2ccc(C(=O)OC(C)CCCCCC)cc2)cc1. The van der Waals surface area contributed by atoms with Gasteiger partial charge in [-0.2, -0.15) is 0 Å². The fraction of sp³-hybridized carbons (Fsp3) is 0.533. The Hall–Kier alpha value is -2.62. The Bertz CT molecular complexity index is 839. The van der Waals surface area contributed by atoms with E-state index in [-0.39, 0.29) is 18.0 Å². The number of hydrogen-bond donors (Lipinski definition) is 0. The van der Waals surface area contributed by atoms with Gasteiger partial charge in [-0.15, -0.1) is 0 Å². The van der Waals surface area contributed by atoms with Crippen molar-refractivity contribution < 1.29 is 19.1 Å². The molecule has 0 spiro atoms. The molecular weight excluding hydrogens is 424 g/mol. The van der Waals surface area contributed by atoms with Crippen molar-refractivity contribution in [2.24, 2.45) is 0 Å². The van der Waals surface area contributed by atoms with Crippen LogP contribution in [0, 0.1) is 0 Å². The van der Waals surface area contributed by atoms with E-state index in [2.05, 4.69) is 13.8 Å². The summed E-state index contributed by atoms with van der Waals surface area (Å²) in [6, 6.07) is 14.9. The molecular formula is C30H42O4. The van der Waals surface area contributed by atoms with Crippen LogP contribution in [0.2, 0.25) is 0 Å². The lowest BCUT2D eigenvalue weighted by atomic mass is 10.0. The third-order valence-electron chi connectivity index (χ3n) is 6.05. The molecule has 1 atom stereocenters. The topological polar surface area (TPSA) is 52.6 Å². The Kier molecular flexibility index (Phi) is 13.1. The number of hydrogen-bond acceptors (Lipinski definition) is 4. The molecule has 4 heteroatoms. The van der Waals surface area contributed by atoms with E-state index in [0.717, 1.165) is 36.8 Å². The van der Waals surface area contributed by atoms with E-state index in [1.54, 1.807) is 12.1 Å². The van der Waals surface area contributed by atoms with Crippen LogP contribution in [0.1, 0.15) is 108 Å². The van der Waals surface area contributed by atoms with Crippen LogP contribution in [0.25, 0.3) is 11.1 Å². The van der Waals surface area contributed by atoms with E-state index in [4.69, 9.17) is 9.47 Å². The lowest BCUT2D eigenvalue weighted by molar-refractivity contribution is -0.134. The first kappa shape index (κ1) is 27.6. The van der Waals surface area contributed by atoms with Crippen LogP contribution < -0.4 is 4.74 Å². The zero-order valence-electron chi connectivity index (χ0n) is 21.3. The van der Waals surface area contributed by atoms with E-state index in [9.17, 15) is 9.59 Å². The maximum absolute atomic E-state index is 12.4. The minimum Gasteiger partial charge on any atom is -0.459 e. The van der Waals surface area contributed by atoms with Gasteiger partial charge in [-0.1, -0.05) is 89.5 Å². The molecule has 4 nitrogen and oxygen atoms in total. The minimum atomic E-state index is -0.276. The smallest absolute Gasteiger partial charge is 0.338 e. The summed E-state index contributed by atoms with van der Waals surface area (Å²) in [6.07, 6.45) is 12.9. The predicted molar refractivity (Wildman–Crippen MR) is 139 cm³/mol. The van der Waals surface area contributed by atoms with Crippen LogP contribution in [0.15, 0.2) is 48.5 Å². The maximum Gasteiger partial charge on any atom is 0.338 e. The van der Waals surface area contributed by atoms with Crippen molar-refractivity contribution in [2.45, 2.75) is 104 Å². The Morgan fingerprint density at radius 3 is 1.85 bits per heavy atom. The molecule has 0 fully saturated rings. The molecule has 0 saturated heterocycles. The molecule has 0 bridgehead atoms. The molecule has 0 aliphatic heterocycles. The third kappa shape index (κ3) is 10.5. The van der Waals surface area contributed by atoms with Crippen LogP contribution in [-0.4, -0.2) is 18.0 Å². The Balaban J connectivity index is 1.78. The number of rotatable bonds is 16. The van der Waals surface area contributed by atoms with Crippen LogP contribution in [-0.2, 0) is 9.53 Å². The molecule has 0 radical (unpaired) electrons. The number of unbranched alkanes of at least 4 members (excludes halogenated alkanes) is 8. The molecule has 2 rings (SSSR count). The highest BCUT2D eigenvalue weighted by atomic mass is 16.5. The fourth-order valence-electron chi connectivity index (χ4n) is 3.91. The first-order valence-corrected chi connectivity index (χ1v) is 13.2. The lowest BCUT2D eigenvalue weighted by Crippen LogP contribution is -2.15. The second-order valence-corrected chi connectivity index (χ2v) is 9.16. The van der Waals surface area contributed by atoms with Crippen molar-refractivity contribution >= 4 is 11.9 Å². The third-order valence-corrected chi connectivity index (χ3v) is 6.05. The molecule has 0 saturated carbocycles. The monoisotopic (exact) mass is 466 g/mol. The van der Waals surface area contributed by atoms with Crippen molar-refractivity contribution in [3.63, 3.8) is 0 Å². The van der Waals surface area contributed by atoms with Crippen LogP contribution in [0.4, 0.5) is 0 Å². The Labute approximate surface area is 206 Å². The first-order chi connectivity index (χ1) is 16.5. The highest BCUT2D eigenvalue weighted by Crippen LogP contribution is 2.24. The minimum absolute atomic E-state index is 0.0691. The lowest BCUT2D eigenvalue weighted by Gasteiger charge is -2.13. The normalized spacial score (nSPS) is 11.7. The average Bonchev–Trinajstić information content (AvgIpc) is 2.84. The van der Waals surface area contributed by atoms with Crippen LogP contribution >= 0.6 is 0 Å². The van der Waals surface area contributed by atoms with Crippen molar-refractivity contribution in [3.8, 4) is 16.9 Å². The van der Waals surface area contributed by atoms with Gasteiger partial charge in [0, 0.05) is 6.42 Å². The van der Waals surface area contributed by atoms with Gasteiger partial charge in [0.2, 0.25) is 0 Å². The summed E-state index contributed by atoms with van der Waals surface area (Å²) < 4.78 is 11.0. The van der Waals surface area contributed by atoms with Crippen molar-refractivity contribution in [2.75, 3.05) is 0 Å². The fourth-order valence-corrected chi connectivity index (χ4v) is 3.91. The van der Waals surface area contributed by atoms with Gasteiger partial charge in [-0.05, 0) is 61.6 Å². The number of carbonyl (C=O) groups excluding carboxylic acids is 2. The van der Waals surface area contributed by atoms with Gasteiger partial charge in [0.15, 0.2) is 0 Å². The summed E-state index contributed by atoms with van der Waals surface area (Å²) in [5, 5.41) is 0. The van der Waals surface area contributed by atoms with Gasteiger partial charge in [-0.25, -0.2) is 4.79 Å². The first-order valence-electron chi connectivity index (χ1n) is 13.2. The molecule has 0 amide bonds. The molecule has 0 aliphatic carbocycles. The molecule has 2 aromatic rings. The van der Waals surface area contributed by atoms with Gasteiger partial charge in [0.05, 0.1) is 11.7 Å². The van der Waals surface area contributed by atoms with Crippen LogP contribution in [0.3, 0.4) is 0 Å². The van der Waals surface area contributed by atoms with Gasteiger partial charge >= 0.3 is 11.9 Å². The number of ether oxygens (including phenoxy) is 2. The molecule has 1 unspecified atom stereocenters. The summed E-state index contributed by atoms with van der Waals surface area (Å²) in [7, 11) is 0. The molecule has 2 aromatic carbocycles. The standard InChI is InChI=1S/C30H42O4/c1-4-6-8-10-11-13-15-29(31)34-28-22-20-26(21-23-28)25-16-18-27(19-17-25)30(32)33-24(3)14-12-9-7-5-2/h16-24H,4-15H2,1-3H3. The highest BCUT2D eigenvalue weighted by molar-refractivity contribution is 5.90. The van der Waals surface area contributed by atoms with Crippen molar-refractivity contribution in [3.05, 3.63) is 54.1 Å². The zero-order chi connectivity index (χ0) is 24.6. The highest BCUT2D eigenvalue weighted by Gasteiger charge is 2.12. The largest absolute Gasteiger partial charge is 0.459 e. The summed E-state index contributed by atoms with van der Waals surface area (Å²) >= 11 is 0. The number of carbonyl (C=O) groups is 2. The zero-order valence-corrected chi connectivity index (χ0v) is 21.3. The molecule has 0 N–H and O–H groups in total. The molecule has 34 heavy (non-hydrogen) atoms. The van der Waals surface area contributed by atoms with Gasteiger partial charge < -0.3 is 9.47 Å². The average molecular weight is 467 g/mol. The molecule has 0 heterocycles. The predicted octanol–water partition coefficient (Wildman–Crippen LogP) is 8.53. The van der Waals surface area contributed by atoms with E-state index in [0.29, 0.717) is 17.7 Å². The summed E-state index contributed by atoms with van der Waals surface area (Å²) in [5.41, 5.74) is 2.55. The van der Waals surface area contributed by atoms with E-state index < -0.39 is 0 Å². The summed E-state index contributed by atoms with van der Waals surface area (Å²) in [5.74, 6) is 0.112. The second-order valence-electron chi connectivity index (χ2n) is 9.16. The van der Waals surface area contributed by atoms with Gasteiger partial charge in [-0.3, -0.25) is 4.79 Å². The van der Waals surface area contributed by atoms with E-state index in [1.807, 2.05) is 43.3 Å². The Morgan fingerprint density at radius 2 is 1.24 bits per heavy atom. The van der Waals surface area contributed by atoms with Crippen molar-refractivity contribution in [1.29, 1.82) is 0 Å². The molecule has 186 valence electrons. The number of esters is 2. The quantitative estimate of drug-likeness (QED) is 0.141. The summed E-state index contributed by atoms with van der Waals surface area (Å²) in [4.78, 5) is 24.5.